The maximum absolute atomic E-state index is 12.7. The summed E-state index contributed by atoms with van der Waals surface area (Å²) in [6, 6.07) is 8.70. The summed E-state index contributed by atoms with van der Waals surface area (Å²) in [5.74, 6) is 0.916. The molecule has 21 heavy (non-hydrogen) atoms. The lowest BCUT2D eigenvalue weighted by Gasteiger charge is -2.27. The Hall–Kier alpha value is -0.870. The summed E-state index contributed by atoms with van der Waals surface area (Å²) in [5.41, 5.74) is 1.21. The average molecular weight is 351 g/mol. The number of piperidine rings is 1. The molecule has 1 N–H and O–H groups in total. The molecule has 1 aromatic rings. The van der Waals surface area contributed by atoms with Gasteiger partial charge < -0.3 is 10.2 Å². The Bertz CT molecular complexity index is 495. The predicted molar refractivity (Wildman–Crippen MR) is 87.9 cm³/mol. The van der Waals surface area contributed by atoms with Crippen molar-refractivity contribution in [3.05, 3.63) is 34.3 Å². The number of rotatable bonds is 5. The largest absolute Gasteiger partial charge is 0.335 e. The Balaban J connectivity index is 1.63. The number of benzene rings is 1. The monoisotopic (exact) mass is 350 g/mol. The highest BCUT2D eigenvalue weighted by molar-refractivity contribution is 9.10. The molecule has 0 atom stereocenters. The van der Waals surface area contributed by atoms with Crippen LogP contribution < -0.4 is 5.32 Å². The highest BCUT2D eigenvalue weighted by atomic mass is 79.9. The van der Waals surface area contributed by atoms with Crippen molar-refractivity contribution in [2.75, 3.05) is 13.1 Å². The average Bonchev–Trinajstić information content (AvgIpc) is 3.32. The second-order valence-corrected chi connectivity index (χ2v) is 7.10. The third-order valence-corrected chi connectivity index (χ3v) is 5.30. The van der Waals surface area contributed by atoms with Gasteiger partial charge in [-0.1, -0.05) is 34.1 Å². The number of amides is 1. The molecule has 1 aliphatic carbocycles. The van der Waals surface area contributed by atoms with Crippen molar-refractivity contribution in [2.45, 2.75) is 44.7 Å². The third kappa shape index (κ3) is 4.07. The maximum Gasteiger partial charge on any atom is 0.223 e. The van der Waals surface area contributed by atoms with Crippen LogP contribution in [0.25, 0.3) is 0 Å². The van der Waals surface area contributed by atoms with Gasteiger partial charge in [-0.25, -0.2) is 0 Å². The van der Waals surface area contributed by atoms with Crippen molar-refractivity contribution in [2.24, 2.45) is 5.92 Å². The Labute approximate surface area is 135 Å². The van der Waals surface area contributed by atoms with Crippen molar-refractivity contribution in [1.82, 2.24) is 10.2 Å². The van der Waals surface area contributed by atoms with Crippen LogP contribution in [-0.4, -0.2) is 29.9 Å². The van der Waals surface area contributed by atoms with E-state index in [1.807, 2.05) is 12.1 Å². The fraction of sp³-hybridized carbons (Fsp3) is 0.588. The Kier molecular flexibility index (Phi) is 4.96. The fourth-order valence-corrected chi connectivity index (χ4v) is 3.48. The quantitative estimate of drug-likeness (QED) is 0.883. The summed E-state index contributed by atoms with van der Waals surface area (Å²) in [5, 5.41) is 3.37. The summed E-state index contributed by atoms with van der Waals surface area (Å²) >= 11 is 3.60. The van der Waals surface area contributed by atoms with Gasteiger partial charge in [-0.15, -0.1) is 0 Å². The van der Waals surface area contributed by atoms with E-state index in [1.54, 1.807) is 0 Å². The number of carbonyl (C=O) groups excluding carboxylic acids is 1. The van der Waals surface area contributed by atoms with Gasteiger partial charge in [-0.05, 0) is 56.3 Å². The van der Waals surface area contributed by atoms with Crippen molar-refractivity contribution in [3.63, 3.8) is 0 Å². The van der Waals surface area contributed by atoms with Gasteiger partial charge in [0, 0.05) is 23.5 Å². The molecule has 3 nitrogen and oxygen atoms in total. The summed E-state index contributed by atoms with van der Waals surface area (Å²) in [7, 11) is 0. The van der Waals surface area contributed by atoms with Gasteiger partial charge in [0.25, 0.3) is 0 Å². The van der Waals surface area contributed by atoms with Gasteiger partial charge in [0.15, 0.2) is 0 Å². The van der Waals surface area contributed by atoms with Crippen LogP contribution in [0.5, 0.6) is 0 Å². The molecule has 1 aliphatic heterocycles. The summed E-state index contributed by atoms with van der Waals surface area (Å²) in [6.07, 6.45) is 5.34. The first-order valence-electron chi connectivity index (χ1n) is 7.97. The fourth-order valence-electron chi connectivity index (χ4n) is 3.07. The van der Waals surface area contributed by atoms with Crippen LogP contribution in [-0.2, 0) is 11.3 Å². The zero-order chi connectivity index (χ0) is 14.7. The summed E-state index contributed by atoms with van der Waals surface area (Å²) in [6.45, 7) is 2.87. The van der Waals surface area contributed by atoms with Crippen molar-refractivity contribution in [3.8, 4) is 0 Å². The molecule has 0 aromatic heterocycles. The lowest BCUT2D eigenvalue weighted by atomic mass is 9.94. The number of hydrogen-bond acceptors (Lipinski definition) is 2. The number of hydrogen-bond donors (Lipinski definition) is 1. The molecule has 1 amide bonds. The van der Waals surface area contributed by atoms with Crippen LogP contribution in [0.4, 0.5) is 0 Å². The first kappa shape index (κ1) is 15.0. The lowest BCUT2D eigenvalue weighted by molar-refractivity contribution is -0.133. The molecule has 4 heteroatoms. The topological polar surface area (TPSA) is 32.3 Å². The molecule has 114 valence electrons. The number of carbonyl (C=O) groups is 1. The molecule has 2 fully saturated rings. The van der Waals surface area contributed by atoms with Crippen molar-refractivity contribution in [1.29, 1.82) is 0 Å². The number of nitrogens with one attached hydrogen (secondary N) is 1. The third-order valence-electron chi connectivity index (χ3n) is 4.53. The summed E-state index contributed by atoms with van der Waals surface area (Å²) < 4.78 is 1.10. The zero-order valence-corrected chi connectivity index (χ0v) is 13.9. The minimum absolute atomic E-state index is 0.347. The van der Waals surface area contributed by atoms with Crippen LogP contribution in [0.15, 0.2) is 28.7 Å². The SMILES string of the molecule is O=C(CC1CCNCC1)N(Cc1ccccc1Br)C1CC1. The molecular weight excluding hydrogens is 328 g/mol. The molecule has 0 spiro atoms. The van der Waals surface area contributed by atoms with E-state index in [1.165, 1.54) is 18.4 Å². The molecule has 1 saturated heterocycles. The predicted octanol–water partition coefficient (Wildman–Crippen LogP) is 3.33. The molecule has 0 radical (unpaired) electrons. The van der Waals surface area contributed by atoms with Crippen LogP contribution in [0.3, 0.4) is 0 Å². The van der Waals surface area contributed by atoms with Crippen LogP contribution >= 0.6 is 15.9 Å². The molecule has 0 unspecified atom stereocenters. The van der Waals surface area contributed by atoms with E-state index in [2.05, 4.69) is 38.3 Å². The standard InChI is InChI=1S/C17H23BrN2O/c18-16-4-2-1-3-14(16)12-20(15-5-6-15)17(21)11-13-7-9-19-10-8-13/h1-4,13,15,19H,5-12H2. The highest BCUT2D eigenvalue weighted by Crippen LogP contribution is 2.31. The Morgan fingerprint density at radius 3 is 2.57 bits per heavy atom. The van der Waals surface area contributed by atoms with Gasteiger partial charge >= 0.3 is 0 Å². The molecule has 1 saturated carbocycles. The molecule has 1 heterocycles. The molecule has 0 bridgehead atoms. The van der Waals surface area contributed by atoms with Crippen molar-refractivity contribution >= 4 is 21.8 Å². The van der Waals surface area contributed by atoms with Gasteiger partial charge in [0.1, 0.15) is 0 Å². The van der Waals surface area contributed by atoms with Gasteiger partial charge in [-0.2, -0.15) is 0 Å². The number of nitrogens with zero attached hydrogens (tertiary/aromatic N) is 1. The van der Waals surface area contributed by atoms with Crippen molar-refractivity contribution < 1.29 is 4.79 Å². The number of halogens is 1. The minimum Gasteiger partial charge on any atom is -0.335 e. The van der Waals surface area contributed by atoms with Crippen LogP contribution in [0.1, 0.15) is 37.7 Å². The Morgan fingerprint density at radius 2 is 1.90 bits per heavy atom. The van der Waals surface area contributed by atoms with E-state index in [4.69, 9.17) is 0 Å². The summed E-state index contributed by atoms with van der Waals surface area (Å²) in [4.78, 5) is 14.8. The Morgan fingerprint density at radius 1 is 1.19 bits per heavy atom. The van der Waals surface area contributed by atoms with Crippen LogP contribution in [0.2, 0.25) is 0 Å². The van der Waals surface area contributed by atoms with Crippen LogP contribution in [0, 0.1) is 5.92 Å². The van der Waals surface area contributed by atoms with E-state index < -0.39 is 0 Å². The lowest BCUT2D eigenvalue weighted by Crippen LogP contribution is -2.36. The second kappa shape index (κ2) is 6.93. The maximum atomic E-state index is 12.7. The van der Waals surface area contributed by atoms with E-state index >= 15 is 0 Å². The second-order valence-electron chi connectivity index (χ2n) is 6.24. The zero-order valence-electron chi connectivity index (χ0n) is 12.4. The first-order chi connectivity index (χ1) is 10.2. The first-order valence-corrected chi connectivity index (χ1v) is 8.77. The molecule has 2 aliphatic rings. The molecule has 1 aromatic carbocycles. The van der Waals surface area contributed by atoms with Gasteiger partial charge in [0.05, 0.1) is 0 Å². The van der Waals surface area contributed by atoms with Gasteiger partial charge in [0.2, 0.25) is 5.91 Å². The molecule has 3 rings (SSSR count). The highest BCUT2D eigenvalue weighted by Gasteiger charge is 2.33. The van der Waals surface area contributed by atoms with E-state index in [9.17, 15) is 4.79 Å². The van der Waals surface area contributed by atoms with E-state index in [0.717, 1.165) is 43.4 Å². The minimum atomic E-state index is 0.347. The van der Waals surface area contributed by atoms with E-state index in [0.29, 0.717) is 17.9 Å². The smallest absolute Gasteiger partial charge is 0.223 e. The normalized spacial score (nSPS) is 19.5. The molecular formula is C17H23BrN2O. The van der Waals surface area contributed by atoms with Gasteiger partial charge in [-0.3, -0.25) is 4.79 Å². The van der Waals surface area contributed by atoms with E-state index in [-0.39, 0.29) is 0 Å².